The summed E-state index contributed by atoms with van der Waals surface area (Å²) in [4.78, 5) is 0. The van der Waals surface area contributed by atoms with E-state index in [0.29, 0.717) is 6.54 Å². The molecule has 3 rings (SSSR count). The van der Waals surface area contributed by atoms with Crippen LogP contribution in [0.2, 0.25) is 0 Å². The smallest absolute Gasteiger partial charge is 0.123 e. The van der Waals surface area contributed by atoms with Crippen LogP contribution in [0.25, 0.3) is 10.9 Å². The van der Waals surface area contributed by atoms with Gasteiger partial charge in [0.15, 0.2) is 0 Å². The van der Waals surface area contributed by atoms with Gasteiger partial charge in [-0.05, 0) is 43.3 Å². The zero-order chi connectivity index (χ0) is 16.4. The number of aryl methyl sites for hydroxylation is 1. The molecule has 128 valence electrons. The van der Waals surface area contributed by atoms with Crippen LogP contribution in [0.3, 0.4) is 0 Å². The number of likely N-dealkylation sites (N-methyl/N-ethyl adjacent to an activating group) is 1. The summed E-state index contributed by atoms with van der Waals surface area (Å²) in [6.07, 6.45) is 1.36. The van der Waals surface area contributed by atoms with Crippen LogP contribution in [0.1, 0.15) is 17.2 Å². The number of aliphatic hydroxyl groups is 1. The largest absolute Gasteiger partial charge is 0.389 e. The Labute approximate surface area is 147 Å². The van der Waals surface area contributed by atoms with E-state index in [1.165, 1.54) is 12.1 Å². The van der Waals surface area contributed by atoms with Gasteiger partial charge >= 0.3 is 0 Å². The first-order valence-electron chi connectivity index (χ1n) is 7.76. The maximum atomic E-state index is 13.7. The molecule has 1 heterocycles. The molecule has 0 spiro atoms. The summed E-state index contributed by atoms with van der Waals surface area (Å²) in [7, 11) is 1.80. The SMILES string of the molecule is CNC[C@@H](O)[C@H](c1cccc(F)c1)n1cc(C)c2ccccc21.Cl. The van der Waals surface area contributed by atoms with Gasteiger partial charge in [0.05, 0.1) is 12.1 Å². The Morgan fingerprint density at radius 2 is 1.92 bits per heavy atom. The van der Waals surface area contributed by atoms with Gasteiger partial charge in [-0.2, -0.15) is 0 Å². The number of hydrogen-bond donors (Lipinski definition) is 2. The average Bonchev–Trinajstić information content (AvgIpc) is 2.86. The van der Waals surface area contributed by atoms with Gasteiger partial charge in [0.25, 0.3) is 0 Å². The Morgan fingerprint density at radius 1 is 1.17 bits per heavy atom. The summed E-state index contributed by atoms with van der Waals surface area (Å²) in [5, 5.41) is 14.8. The molecule has 2 atom stereocenters. The zero-order valence-corrected chi connectivity index (χ0v) is 14.6. The highest BCUT2D eigenvalue weighted by atomic mass is 35.5. The highest BCUT2D eigenvalue weighted by Gasteiger charge is 2.24. The summed E-state index contributed by atoms with van der Waals surface area (Å²) < 4.78 is 15.7. The molecule has 0 radical (unpaired) electrons. The van der Waals surface area contributed by atoms with E-state index in [2.05, 4.69) is 11.4 Å². The third-order valence-electron chi connectivity index (χ3n) is 4.21. The Kier molecular flexibility index (Phi) is 5.99. The number of aliphatic hydroxyl groups excluding tert-OH is 1. The maximum absolute atomic E-state index is 13.7. The summed E-state index contributed by atoms with van der Waals surface area (Å²) in [5.41, 5.74) is 2.93. The quantitative estimate of drug-likeness (QED) is 0.738. The monoisotopic (exact) mass is 348 g/mol. The normalized spacial score (nSPS) is 13.5. The van der Waals surface area contributed by atoms with E-state index < -0.39 is 6.10 Å². The van der Waals surface area contributed by atoms with Gasteiger partial charge in [0, 0.05) is 23.6 Å². The fraction of sp³-hybridized carbons (Fsp3) is 0.263. The summed E-state index contributed by atoms with van der Waals surface area (Å²) in [6, 6.07) is 14.2. The molecule has 1 aromatic heterocycles. The maximum Gasteiger partial charge on any atom is 0.123 e. The van der Waals surface area contributed by atoms with Gasteiger partial charge < -0.3 is 15.0 Å². The van der Waals surface area contributed by atoms with Crippen LogP contribution in [0.4, 0.5) is 4.39 Å². The van der Waals surface area contributed by atoms with Gasteiger partial charge in [0.1, 0.15) is 5.82 Å². The molecule has 3 nitrogen and oxygen atoms in total. The third-order valence-corrected chi connectivity index (χ3v) is 4.21. The van der Waals surface area contributed by atoms with E-state index in [-0.39, 0.29) is 24.3 Å². The van der Waals surface area contributed by atoms with Crippen molar-refractivity contribution in [2.45, 2.75) is 19.1 Å². The number of benzene rings is 2. The van der Waals surface area contributed by atoms with Crippen LogP contribution in [0, 0.1) is 12.7 Å². The minimum absolute atomic E-state index is 0. The lowest BCUT2D eigenvalue weighted by Crippen LogP contribution is -2.33. The van der Waals surface area contributed by atoms with Gasteiger partial charge in [-0.1, -0.05) is 30.3 Å². The van der Waals surface area contributed by atoms with Crippen molar-refractivity contribution in [1.29, 1.82) is 0 Å². The van der Waals surface area contributed by atoms with E-state index in [0.717, 1.165) is 22.0 Å². The van der Waals surface area contributed by atoms with Gasteiger partial charge in [0.2, 0.25) is 0 Å². The molecule has 0 aliphatic carbocycles. The van der Waals surface area contributed by atoms with Crippen molar-refractivity contribution >= 4 is 23.3 Å². The van der Waals surface area contributed by atoms with E-state index in [1.807, 2.05) is 42.0 Å². The second-order valence-electron chi connectivity index (χ2n) is 5.86. The molecule has 0 saturated heterocycles. The second-order valence-corrected chi connectivity index (χ2v) is 5.86. The lowest BCUT2D eigenvalue weighted by Gasteiger charge is -2.26. The zero-order valence-electron chi connectivity index (χ0n) is 13.7. The molecule has 0 unspecified atom stereocenters. The summed E-state index contributed by atoms with van der Waals surface area (Å²) in [6.45, 7) is 2.47. The topological polar surface area (TPSA) is 37.2 Å². The average molecular weight is 349 g/mol. The fourth-order valence-electron chi connectivity index (χ4n) is 3.19. The number of hydrogen-bond acceptors (Lipinski definition) is 2. The third kappa shape index (κ3) is 3.46. The van der Waals surface area contributed by atoms with E-state index >= 15 is 0 Å². The summed E-state index contributed by atoms with van der Waals surface area (Å²) in [5.74, 6) is -0.294. The van der Waals surface area contributed by atoms with Crippen LogP contribution >= 0.6 is 12.4 Å². The van der Waals surface area contributed by atoms with Gasteiger partial charge in [-0.3, -0.25) is 0 Å². The number of rotatable bonds is 5. The molecule has 0 saturated carbocycles. The second kappa shape index (κ2) is 7.79. The highest BCUT2D eigenvalue weighted by Crippen LogP contribution is 2.30. The first-order chi connectivity index (χ1) is 11.1. The molecule has 0 amide bonds. The Bertz CT molecular complexity index is 818. The number of nitrogens with zero attached hydrogens (tertiary/aromatic N) is 1. The number of nitrogens with one attached hydrogen (secondary N) is 1. The molecule has 0 aliphatic rings. The van der Waals surface area contributed by atoms with Crippen LogP contribution in [0.5, 0.6) is 0 Å². The molecule has 0 fully saturated rings. The van der Waals surface area contributed by atoms with E-state index in [9.17, 15) is 9.50 Å². The fourth-order valence-corrected chi connectivity index (χ4v) is 3.19. The van der Waals surface area contributed by atoms with Gasteiger partial charge in [-0.15, -0.1) is 12.4 Å². The minimum Gasteiger partial charge on any atom is -0.389 e. The van der Waals surface area contributed by atoms with Crippen LogP contribution < -0.4 is 5.32 Å². The van der Waals surface area contributed by atoms with Crippen molar-refractivity contribution in [2.75, 3.05) is 13.6 Å². The Morgan fingerprint density at radius 3 is 2.62 bits per heavy atom. The highest BCUT2D eigenvalue weighted by molar-refractivity contribution is 5.85. The van der Waals surface area contributed by atoms with Crippen molar-refractivity contribution in [3.8, 4) is 0 Å². The van der Waals surface area contributed by atoms with Crippen molar-refractivity contribution in [3.63, 3.8) is 0 Å². The lowest BCUT2D eigenvalue weighted by atomic mass is 10.0. The van der Waals surface area contributed by atoms with Crippen molar-refractivity contribution in [1.82, 2.24) is 9.88 Å². The molecule has 0 bridgehead atoms. The lowest BCUT2D eigenvalue weighted by molar-refractivity contribution is 0.132. The molecular formula is C19H22ClFN2O. The summed E-state index contributed by atoms with van der Waals surface area (Å²) >= 11 is 0. The Balaban J connectivity index is 0.00000208. The molecule has 0 aliphatic heterocycles. The predicted molar refractivity (Wildman–Crippen MR) is 98.4 cm³/mol. The van der Waals surface area contributed by atoms with Crippen molar-refractivity contribution in [3.05, 3.63) is 71.7 Å². The first kappa shape index (κ1) is 18.5. The minimum atomic E-state index is -0.669. The van der Waals surface area contributed by atoms with Crippen molar-refractivity contribution < 1.29 is 9.50 Å². The number of fused-ring (bicyclic) bond motifs is 1. The number of para-hydroxylation sites is 1. The Hall–Kier alpha value is -1.88. The number of aromatic nitrogens is 1. The standard InChI is InChI=1S/C19H21FN2O.ClH/c1-13-12-22(17-9-4-3-8-16(13)17)19(18(23)11-21-2)14-6-5-7-15(20)10-14;/h3-10,12,18-19,21,23H,11H2,1-2H3;1H/t18-,19+;/m1./s1. The predicted octanol–water partition coefficient (Wildman–Crippen LogP) is 3.68. The molecule has 24 heavy (non-hydrogen) atoms. The molecule has 2 N–H and O–H groups in total. The van der Waals surface area contributed by atoms with Crippen LogP contribution in [-0.4, -0.2) is 29.4 Å². The van der Waals surface area contributed by atoms with Crippen LogP contribution in [-0.2, 0) is 0 Å². The van der Waals surface area contributed by atoms with E-state index in [1.54, 1.807) is 13.1 Å². The van der Waals surface area contributed by atoms with E-state index in [4.69, 9.17) is 0 Å². The molecule has 3 aromatic rings. The molecule has 2 aromatic carbocycles. The molecular weight excluding hydrogens is 327 g/mol. The van der Waals surface area contributed by atoms with Crippen molar-refractivity contribution in [2.24, 2.45) is 0 Å². The first-order valence-corrected chi connectivity index (χ1v) is 7.76. The molecule has 5 heteroatoms. The number of halogens is 2. The van der Waals surface area contributed by atoms with Crippen LogP contribution in [0.15, 0.2) is 54.7 Å². The van der Waals surface area contributed by atoms with Gasteiger partial charge in [-0.25, -0.2) is 4.39 Å².